The standard InChI is InChI=1S/C21H28N2O6.C20H29BrO3.C13H21BN2O2/c1-11-8-12(13-6-7-22-16(9-13)23(2)3)4-5-14(11)17(25)21-20(28)19(27)18(26)15(10-24)29-21;1-7-18-12(3)13(4)19(23-15(6)22)20(24-18)14(5)17-9-8-16(21)10-11(17)2;1-12(2)13(3,4)18-14(17-12)10-7-8-15-11(9-10)16(5)6/h4-9,15,17-21,24-28H,10H2,1-3H3;8-10,12-14,18-20H,7H2,1-6H3;7-9H,1-6H3/t15?,17-,18-,19+,20?,21-;12-,13-,14+,18?,19?,20+;/m10./s1. The molecule has 17 heteroatoms. The molecule has 3 saturated heterocycles. The van der Waals surface area contributed by atoms with Gasteiger partial charge in [-0.3, -0.25) is 4.79 Å². The molecule has 71 heavy (non-hydrogen) atoms. The van der Waals surface area contributed by atoms with Gasteiger partial charge in [0, 0.05) is 63.8 Å². The van der Waals surface area contributed by atoms with E-state index in [0.29, 0.717) is 11.5 Å². The van der Waals surface area contributed by atoms with Crippen molar-refractivity contribution < 1.29 is 53.8 Å². The van der Waals surface area contributed by atoms with E-state index in [1.165, 1.54) is 18.1 Å². The zero-order chi connectivity index (χ0) is 52.9. The van der Waals surface area contributed by atoms with Gasteiger partial charge in [0.15, 0.2) is 0 Å². The number of aliphatic hydroxyl groups is 5. The molecule has 0 amide bonds. The van der Waals surface area contributed by atoms with E-state index in [-0.39, 0.29) is 54.4 Å². The van der Waals surface area contributed by atoms with E-state index in [1.54, 1.807) is 18.5 Å². The van der Waals surface area contributed by atoms with Gasteiger partial charge in [0.1, 0.15) is 60.5 Å². The molecule has 4 unspecified atom stereocenters. The van der Waals surface area contributed by atoms with Crippen LogP contribution in [-0.2, 0) is 28.3 Å². The molecule has 3 aliphatic heterocycles. The van der Waals surface area contributed by atoms with Crippen LogP contribution in [0.5, 0.6) is 0 Å². The Morgan fingerprint density at radius 3 is 1.86 bits per heavy atom. The molecule has 5 heterocycles. The second-order valence-electron chi connectivity index (χ2n) is 20.7. The van der Waals surface area contributed by atoms with Crippen molar-refractivity contribution >= 4 is 46.1 Å². The van der Waals surface area contributed by atoms with Gasteiger partial charge in [0.2, 0.25) is 0 Å². The van der Waals surface area contributed by atoms with Gasteiger partial charge in [0.25, 0.3) is 0 Å². The summed E-state index contributed by atoms with van der Waals surface area (Å²) in [7, 11) is 7.44. The number of ether oxygens (including phenoxy) is 3. The van der Waals surface area contributed by atoms with Gasteiger partial charge in [-0.2, -0.15) is 0 Å². The van der Waals surface area contributed by atoms with Crippen molar-refractivity contribution in [1.29, 1.82) is 0 Å². The lowest BCUT2D eigenvalue weighted by atomic mass is 9.76. The number of halogens is 1. The number of nitrogens with zero attached hydrogens (tertiary/aromatic N) is 4. The smallest absolute Gasteiger partial charge is 0.459 e. The molecule has 3 aliphatic rings. The summed E-state index contributed by atoms with van der Waals surface area (Å²) in [6.45, 7) is 21.8. The number of hydrogen-bond acceptors (Lipinski definition) is 15. The molecular formula is C54H78BBrN4O11. The molecule has 7 rings (SSSR count). The first-order chi connectivity index (χ1) is 33.2. The van der Waals surface area contributed by atoms with Gasteiger partial charge >= 0.3 is 13.1 Å². The van der Waals surface area contributed by atoms with Crippen LogP contribution in [0.2, 0.25) is 0 Å². The third kappa shape index (κ3) is 13.6. The van der Waals surface area contributed by atoms with Crippen molar-refractivity contribution in [3.63, 3.8) is 0 Å². The Bertz CT molecular complexity index is 2370. The molecular weight excluding hydrogens is 971 g/mol. The highest BCUT2D eigenvalue weighted by Gasteiger charge is 2.52. The quantitative estimate of drug-likeness (QED) is 0.0787. The van der Waals surface area contributed by atoms with Crippen LogP contribution in [0, 0.1) is 25.7 Å². The monoisotopic (exact) mass is 1050 g/mol. The van der Waals surface area contributed by atoms with Crippen LogP contribution in [0.15, 0.2) is 77.5 Å². The fourth-order valence-corrected chi connectivity index (χ4v) is 9.78. The maximum Gasteiger partial charge on any atom is 0.495 e. The van der Waals surface area contributed by atoms with Crippen molar-refractivity contribution in [1.82, 2.24) is 9.97 Å². The van der Waals surface area contributed by atoms with Crippen molar-refractivity contribution in [2.24, 2.45) is 11.8 Å². The molecule has 0 spiro atoms. The number of carbonyl (C=O) groups is 1. The minimum absolute atomic E-state index is 0.120. The molecule has 2 aromatic heterocycles. The molecule has 4 aromatic rings. The van der Waals surface area contributed by atoms with E-state index in [2.05, 4.69) is 106 Å². The van der Waals surface area contributed by atoms with Crippen LogP contribution >= 0.6 is 15.9 Å². The minimum atomic E-state index is -1.53. The molecule has 15 nitrogen and oxygen atoms in total. The number of pyridine rings is 2. The average Bonchev–Trinajstić information content (AvgIpc) is 3.55. The van der Waals surface area contributed by atoms with Gasteiger partial charge in [-0.25, -0.2) is 9.97 Å². The van der Waals surface area contributed by atoms with Crippen molar-refractivity contribution in [2.45, 2.75) is 155 Å². The SMILES string of the molecule is CCC1O[C@H]([C@H](C)c2ccc(Br)cc2C)C(OC(C)=O)[C@@H](C)[C@@H]1C.CN(C)c1cc(B2OC(C)(C)C(C)(C)O2)ccn1.Cc1cc(-c2ccnc(N(C)C)c2)ccc1[C@@H](O)[C@H]1OC(CO)[C@@H](O)[C@H](O)C1O. The van der Waals surface area contributed by atoms with E-state index >= 15 is 0 Å². The lowest BCUT2D eigenvalue weighted by Crippen LogP contribution is -2.59. The third-order valence-corrected chi connectivity index (χ3v) is 15.1. The number of rotatable bonds is 11. The predicted octanol–water partition coefficient (Wildman–Crippen LogP) is 6.69. The topological polar surface area (TPSA) is 197 Å². The van der Waals surface area contributed by atoms with Gasteiger partial charge in [-0.15, -0.1) is 0 Å². The van der Waals surface area contributed by atoms with Crippen LogP contribution in [0.3, 0.4) is 0 Å². The number of aryl methyl sites for hydroxylation is 2. The van der Waals surface area contributed by atoms with Gasteiger partial charge in [-0.1, -0.05) is 67.9 Å². The second-order valence-corrected chi connectivity index (χ2v) is 21.6. The second kappa shape index (κ2) is 24.4. The number of benzene rings is 2. The number of aliphatic hydroxyl groups excluding tert-OH is 5. The summed E-state index contributed by atoms with van der Waals surface area (Å²) in [6.07, 6.45) is -3.60. The summed E-state index contributed by atoms with van der Waals surface area (Å²) in [5.74, 6) is 2.30. The fraction of sp³-hybridized carbons (Fsp3) is 0.574. The normalized spacial score (nSPS) is 27.5. The zero-order valence-corrected chi connectivity index (χ0v) is 45.8. The first-order valence-electron chi connectivity index (χ1n) is 24.5. The Kier molecular flexibility index (Phi) is 19.9. The van der Waals surface area contributed by atoms with Crippen LogP contribution in [0.4, 0.5) is 11.6 Å². The lowest BCUT2D eigenvalue weighted by Gasteiger charge is -2.46. The average molecular weight is 1050 g/mol. The van der Waals surface area contributed by atoms with E-state index in [1.807, 2.05) is 81.3 Å². The van der Waals surface area contributed by atoms with Crippen molar-refractivity contribution in [3.8, 4) is 11.1 Å². The van der Waals surface area contributed by atoms with E-state index in [9.17, 15) is 30.3 Å². The molecule has 390 valence electrons. The molecule has 0 bridgehead atoms. The van der Waals surface area contributed by atoms with Crippen LogP contribution in [0.1, 0.15) is 103 Å². The molecule has 3 fully saturated rings. The van der Waals surface area contributed by atoms with Gasteiger partial charge in [-0.05, 0) is 129 Å². The highest BCUT2D eigenvalue weighted by atomic mass is 79.9. The highest BCUT2D eigenvalue weighted by Crippen LogP contribution is 2.41. The summed E-state index contributed by atoms with van der Waals surface area (Å²) < 4.78 is 30.7. The molecule has 0 saturated carbocycles. The lowest BCUT2D eigenvalue weighted by molar-refractivity contribution is -0.250. The number of anilines is 2. The predicted molar refractivity (Wildman–Crippen MR) is 282 cm³/mol. The molecule has 5 N–H and O–H groups in total. The van der Waals surface area contributed by atoms with Crippen molar-refractivity contribution in [3.05, 3.63) is 99.8 Å². The summed E-state index contributed by atoms with van der Waals surface area (Å²) in [6, 6.07) is 19.6. The Hall–Kier alpha value is -4.01. The fourth-order valence-electron chi connectivity index (χ4n) is 9.31. The zero-order valence-electron chi connectivity index (χ0n) is 44.2. The first kappa shape index (κ1) is 57.9. The Morgan fingerprint density at radius 2 is 1.31 bits per heavy atom. The maximum absolute atomic E-state index is 11.6. The summed E-state index contributed by atoms with van der Waals surface area (Å²) in [5, 5.41) is 50.3. The number of hydrogen-bond donors (Lipinski definition) is 5. The summed E-state index contributed by atoms with van der Waals surface area (Å²) >= 11 is 3.52. The number of esters is 1. The highest BCUT2D eigenvalue weighted by molar-refractivity contribution is 9.10. The first-order valence-corrected chi connectivity index (χ1v) is 25.3. The third-order valence-electron chi connectivity index (χ3n) is 14.6. The van der Waals surface area contributed by atoms with Gasteiger partial charge < -0.3 is 58.9 Å². The largest absolute Gasteiger partial charge is 0.495 e. The summed E-state index contributed by atoms with van der Waals surface area (Å²) in [5.41, 5.74) is 6.08. The van der Waals surface area contributed by atoms with Crippen LogP contribution in [0.25, 0.3) is 11.1 Å². The Balaban J connectivity index is 0.000000204. The maximum atomic E-state index is 11.6. The van der Waals surface area contributed by atoms with E-state index in [0.717, 1.165) is 44.7 Å². The number of carbonyl (C=O) groups excluding carboxylic acids is 1. The van der Waals surface area contributed by atoms with Crippen LogP contribution < -0.4 is 15.3 Å². The number of aromatic nitrogens is 2. The Labute approximate surface area is 430 Å². The van der Waals surface area contributed by atoms with E-state index < -0.39 is 43.2 Å². The van der Waals surface area contributed by atoms with Gasteiger partial charge in [0.05, 0.1) is 23.9 Å². The minimum Gasteiger partial charge on any atom is -0.459 e. The molecule has 12 atom stereocenters. The molecule has 2 aromatic carbocycles. The molecule has 0 aliphatic carbocycles. The van der Waals surface area contributed by atoms with Crippen LogP contribution in [-0.4, -0.2) is 143 Å². The van der Waals surface area contributed by atoms with Crippen molar-refractivity contribution in [2.75, 3.05) is 44.6 Å². The summed E-state index contributed by atoms with van der Waals surface area (Å²) in [4.78, 5) is 24.1. The Morgan fingerprint density at radius 1 is 0.761 bits per heavy atom. The van der Waals surface area contributed by atoms with E-state index in [4.69, 9.17) is 23.5 Å². The molecule has 0 radical (unpaired) electrons.